The predicted molar refractivity (Wildman–Crippen MR) is 424 cm³/mol. The number of allylic oxidation sites excluding steroid dienone is 10. The summed E-state index contributed by atoms with van der Waals surface area (Å²) < 4.78 is 23.1. The lowest BCUT2D eigenvalue weighted by Gasteiger charge is -2.25. The summed E-state index contributed by atoms with van der Waals surface area (Å²) in [5.74, 6) is -1.97. The van der Waals surface area contributed by atoms with E-state index in [1.807, 2.05) is 21.1 Å². The van der Waals surface area contributed by atoms with Crippen LogP contribution in [0.3, 0.4) is 0 Å². The lowest BCUT2D eigenvalue weighted by atomic mass is 10.0. The summed E-state index contributed by atoms with van der Waals surface area (Å²) in [6, 6.07) is 0. The topological polar surface area (TPSA) is 108 Å². The molecule has 98 heavy (non-hydrogen) atoms. The summed E-state index contributed by atoms with van der Waals surface area (Å²) in [5.41, 5.74) is 0. The van der Waals surface area contributed by atoms with Gasteiger partial charge in [-0.1, -0.05) is 421 Å². The van der Waals surface area contributed by atoms with Crippen LogP contribution in [0.4, 0.5) is 0 Å². The second-order valence-electron chi connectivity index (χ2n) is 30.5. The van der Waals surface area contributed by atoms with Gasteiger partial charge >= 0.3 is 17.9 Å². The number of esters is 2. The number of carboxylic acids is 1. The van der Waals surface area contributed by atoms with Gasteiger partial charge in [0.05, 0.1) is 34.4 Å². The Kier molecular flexibility index (Phi) is 77.2. The molecule has 0 saturated heterocycles. The van der Waals surface area contributed by atoms with E-state index in [-0.39, 0.29) is 38.2 Å². The Bertz CT molecular complexity index is 1800. The van der Waals surface area contributed by atoms with Crippen molar-refractivity contribution < 1.29 is 42.9 Å². The van der Waals surface area contributed by atoms with E-state index in [1.165, 1.54) is 334 Å². The average molecular weight is 1380 g/mol. The van der Waals surface area contributed by atoms with Gasteiger partial charge in [0.25, 0.3) is 6.29 Å². The van der Waals surface area contributed by atoms with E-state index in [2.05, 4.69) is 74.6 Å². The van der Waals surface area contributed by atoms with Gasteiger partial charge in [-0.05, 0) is 57.8 Å². The summed E-state index contributed by atoms with van der Waals surface area (Å²) in [7, 11) is 6.00. The Balaban J connectivity index is 3.93. The number of rotatable bonds is 81. The predicted octanol–water partition coefficient (Wildman–Crippen LogP) is 27.8. The minimum atomic E-state index is -1.51. The number of likely N-dealkylation sites (N-methyl/N-ethyl adjacent to an activating group) is 1. The van der Waals surface area contributed by atoms with E-state index in [0.29, 0.717) is 17.4 Å². The van der Waals surface area contributed by atoms with E-state index in [1.54, 1.807) is 0 Å². The highest BCUT2D eigenvalue weighted by Gasteiger charge is 2.25. The van der Waals surface area contributed by atoms with Gasteiger partial charge in [-0.25, -0.2) is 4.79 Å². The summed E-state index contributed by atoms with van der Waals surface area (Å²) in [6.07, 6.45) is 104. The van der Waals surface area contributed by atoms with Gasteiger partial charge < -0.3 is 28.5 Å². The molecule has 9 heteroatoms. The fraction of sp³-hybridized carbons (Fsp3) is 0.854. The van der Waals surface area contributed by atoms with Gasteiger partial charge in [-0.2, -0.15) is 0 Å². The van der Waals surface area contributed by atoms with Crippen LogP contribution < -0.4 is 0 Å². The zero-order valence-corrected chi connectivity index (χ0v) is 66.0. The molecule has 0 radical (unpaired) electrons. The molecule has 2 unspecified atom stereocenters. The fourth-order valence-electron chi connectivity index (χ4n) is 13.0. The van der Waals surface area contributed by atoms with Crippen molar-refractivity contribution in [2.24, 2.45) is 0 Å². The first kappa shape index (κ1) is 95.0. The molecule has 9 nitrogen and oxygen atoms in total. The number of aliphatic carboxylic acids is 1. The van der Waals surface area contributed by atoms with Crippen molar-refractivity contribution in [3.63, 3.8) is 0 Å². The van der Waals surface area contributed by atoms with Gasteiger partial charge in [0.2, 0.25) is 0 Å². The molecule has 2 atom stereocenters. The van der Waals surface area contributed by atoms with Gasteiger partial charge in [-0.3, -0.25) is 9.59 Å². The summed E-state index contributed by atoms with van der Waals surface area (Å²) in [6.45, 7) is 4.84. The SMILES string of the molecule is CC/C=C\C/C=C\C/C=C\C/C=C\C/C=C\CCCCCCCCCCCCCCCCCCCCCC(=O)OC(COC(=O)CCCCCCCCCCCCCCCCCCCCCCCCCCCCCCCCCCCCCCCC)COC(OCC[N+](C)(C)C)C(=O)O. The third kappa shape index (κ3) is 80.3. The van der Waals surface area contributed by atoms with Gasteiger partial charge in [-0.15, -0.1) is 0 Å². The third-order valence-electron chi connectivity index (χ3n) is 19.5. The van der Waals surface area contributed by atoms with E-state index in [4.69, 9.17) is 18.9 Å². The van der Waals surface area contributed by atoms with Gasteiger partial charge in [0.15, 0.2) is 6.10 Å². The Morgan fingerprint density at radius 1 is 0.316 bits per heavy atom. The maximum Gasteiger partial charge on any atom is 0.361 e. The second-order valence-corrected chi connectivity index (χ2v) is 30.5. The van der Waals surface area contributed by atoms with Crippen LogP contribution >= 0.6 is 0 Å². The van der Waals surface area contributed by atoms with E-state index in [9.17, 15) is 19.5 Å². The zero-order chi connectivity index (χ0) is 71.1. The van der Waals surface area contributed by atoms with Crippen LogP contribution in [0.15, 0.2) is 60.8 Å². The maximum atomic E-state index is 13.0. The third-order valence-corrected chi connectivity index (χ3v) is 19.5. The van der Waals surface area contributed by atoms with Crippen LogP contribution in [-0.2, 0) is 33.3 Å². The highest BCUT2D eigenvalue weighted by Crippen LogP contribution is 2.21. The number of carbonyl (C=O) groups excluding carboxylic acids is 2. The Morgan fingerprint density at radius 2 is 0.582 bits per heavy atom. The van der Waals surface area contributed by atoms with Crippen molar-refractivity contribution in [3.05, 3.63) is 60.8 Å². The molecule has 0 amide bonds. The Labute approximate surface area is 609 Å². The summed E-state index contributed by atoms with van der Waals surface area (Å²) in [5, 5.41) is 9.79. The monoisotopic (exact) mass is 1380 g/mol. The van der Waals surface area contributed by atoms with Crippen LogP contribution in [0.5, 0.6) is 0 Å². The Hall–Kier alpha value is -3.01. The minimum absolute atomic E-state index is 0.176. The number of hydrogen-bond acceptors (Lipinski definition) is 7. The molecule has 0 aromatic carbocycles. The molecule has 0 aromatic rings. The van der Waals surface area contributed by atoms with Crippen molar-refractivity contribution in [2.45, 2.75) is 444 Å². The molecule has 1 N–H and O–H groups in total. The lowest BCUT2D eigenvalue weighted by Crippen LogP contribution is -2.40. The van der Waals surface area contributed by atoms with Crippen molar-refractivity contribution in [2.75, 3.05) is 47.5 Å². The molecule has 0 fully saturated rings. The van der Waals surface area contributed by atoms with E-state index < -0.39 is 18.4 Å². The average Bonchev–Trinajstić information content (AvgIpc) is 1.34. The quantitative estimate of drug-likeness (QED) is 0.0211. The first-order valence-electron chi connectivity index (χ1n) is 43.0. The molecule has 0 aliphatic rings. The number of unbranched alkanes of at least 4 members (excludes halogenated alkanes) is 56. The van der Waals surface area contributed by atoms with E-state index in [0.717, 1.165) is 70.6 Å². The van der Waals surface area contributed by atoms with Crippen LogP contribution in [-0.4, -0.2) is 87.4 Å². The highest BCUT2D eigenvalue weighted by atomic mass is 16.7. The maximum absolute atomic E-state index is 13.0. The number of ether oxygens (including phenoxy) is 4. The zero-order valence-electron chi connectivity index (χ0n) is 66.0. The normalized spacial score (nSPS) is 12.9. The number of carbonyl (C=O) groups is 3. The number of quaternary nitrogens is 1. The molecule has 0 saturated carbocycles. The molecular formula is C89H166NO8+. The standard InChI is InChI=1S/C89H165NO8/c1-6-8-10-12-14-16-18-20-22-24-26-28-30-32-34-36-38-40-42-43-44-46-47-49-51-53-55-57-59-61-63-65-67-69-71-73-75-77-79-86(91)96-83-85(84-97-89(88(93)94)95-82-81-90(3,4)5)98-87(92)80-78-76-74-72-70-68-66-64-62-60-58-56-54-52-50-48-45-41-39-37-35-33-31-29-27-25-23-21-19-17-15-13-11-9-7-2/h9,11,15,17,21,23,27,29,33,35,85,89H,6-8,10,12-14,16,18-20,22,24-26,28,30-32,34,36-84H2,1-5H3/p+1/b11-9-,17-15-,23-21-,29-27-,35-33-. The number of nitrogens with zero attached hydrogens (tertiary/aromatic N) is 1. The van der Waals surface area contributed by atoms with Gasteiger partial charge in [0, 0.05) is 12.8 Å². The molecule has 0 bridgehead atoms. The first-order valence-corrected chi connectivity index (χ1v) is 43.0. The largest absolute Gasteiger partial charge is 0.477 e. The smallest absolute Gasteiger partial charge is 0.361 e. The summed E-state index contributed by atoms with van der Waals surface area (Å²) >= 11 is 0. The van der Waals surface area contributed by atoms with Crippen LogP contribution in [0.1, 0.15) is 431 Å². The number of carboxylic acid groups (broad SMARTS) is 1. The van der Waals surface area contributed by atoms with Crippen molar-refractivity contribution in [3.8, 4) is 0 Å². The molecule has 0 aliphatic heterocycles. The van der Waals surface area contributed by atoms with Crippen molar-refractivity contribution >= 4 is 17.9 Å². The van der Waals surface area contributed by atoms with Crippen molar-refractivity contribution in [1.29, 1.82) is 0 Å². The van der Waals surface area contributed by atoms with E-state index >= 15 is 0 Å². The second kappa shape index (κ2) is 79.7. The molecule has 0 aromatic heterocycles. The van der Waals surface area contributed by atoms with Crippen LogP contribution in [0.25, 0.3) is 0 Å². The molecule has 0 rings (SSSR count). The summed E-state index contributed by atoms with van der Waals surface area (Å²) in [4.78, 5) is 37.8. The van der Waals surface area contributed by atoms with Crippen molar-refractivity contribution in [1.82, 2.24) is 0 Å². The number of hydrogen-bond donors (Lipinski definition) is 1. The lowest BCUT2D eigenvalue weighted by molar-refractivity contribution is -0.870. The highest BCUT2D eigenvalue weighted by molar-refractivity contribution is 5.71. The first-order chi connectivity index (χ1) is 48.1. The van der Waals surface area contributed by atoms with Crippen LogP contribution in [0.2, 0.25) is 0 Å². The molecule has 0 heterocycles. The Morgan fingerprint density at radius 3 is 0.867 bits per heavy atom. The fourth-order valence-corrected chi connectivity index (χ4v) is 13.0. The molecule has 0 spiro atoms. The van der Waals surface area contributed by atoms with Crippen LogP contribution in [0, 0.1) is 0 Å². The molecule has 0 aliphatic carbocycles. The van der Waals surface area contributed by atoms with Gasteiger partial charge in [0.1, 0.15) is 13.2 Å². The molecular weight excluding hydrogens is 1210 g/mol. The minimum Gasteiger partial charge on any atom is -0.477 e. The molecule has 574 valence electrons.